The van der Waals surface area contributed by atoms with E-state index in [0.717, 1.165) is 43.4 Å². The number of para-hydroxylation sites is 1. The van der Waals surface area contributed by atoms with Crippen LogP contribution in [0.5, 0.6) is 5.75 Å². The van der Waals surface area contributed by atoms with Gasteiger partial charge in [0.05, 0.1) is 18.4 Å². The fourth-order valence-electron chi connectivity index (χ4n) is 6.69. The Kier molecular flexibility index (Phi) is 7.34. The molecule has 0 radical (unpaired) electrons. The summed E-state index contributed by atoms with van der Waals surface area (Å²) in [5.74, 6) is -0.441. The van der Waals surface area contributed by atoms with Gasteiger partial charge in [-0.05, 0) is 76.3 Å². The lowest BCUT2D eigenvalue weighted by molar-refractivity contribution is -0.274. The first-order chi connectivity index (χ1) is 21.6. The summed E-state index contributed by atoms with van der Waals surface area (Å²) in [6.45, 7) is 4.00. The molecule has 1 N–H and O–H groups in total. The summed E-state index contributed by atoms with van der Waals surface area (Å²) in [7, 11) is 0. The average Bonchev–Trinajstić information content (AvgIpc) is 3.58. The quantitative estimate of drug-likeness (QED) is 0.193. The summed E-state index contributed by atoms with van der Waals surface area (Å²) >= 11 is 0. The van der Waals surface area contributed by atoms with Crippen LogP contribution in [0.2, 0.25) is 0 Å². The van der Waals surface area contributed by atoms with Crippen molar-refractivity contribution in [1.82, 2.24) is 14.9 Å². The minimum atomic E-state index is -4.83. The van der Waals surface area contributed by atoms with E-state index in [9.17, 15) is 23.1 Å². The van der Waals surface area contributed by atoms with Crippen LogP contribution >= 0.6 is 0 Å². The standard InChI is InChI=1S/C33H33F3N4O5/c1-18(2)40-28(32(41)42)16-27(37-40)19-9-11-21(12-10-19)39-22-13-23(39)15-24(14-22)43-17-26-30(38-45-31(26)20-7-8-20)25-5-3-4-6-29(25)44-33(34,35)36/h3-6,9-12,16,18,20,22-24H,7-8,13-15,17H2,1-2H3,(H,41,42)/t22-,23+,24?. The van der Waals surface area contributed by atoms with Gasteiger partial charge in [0.1, 0.15) is 22.9 Å². The van der Waals surface area contributed by atoms with Gasteiger partial charge in [-0.15, -0.1) is 13.2 Å². The second kappa shape index (κ2) is 11.2. The summed E-state index contributed by atoms with van der Waals surface area (Å²) in [5.41, 5.74) is 3.97. The van der Waals surface area contributed by atoms with Crippen LogP contribution in [0.3, 0.4) is 0 Å². The number of aromatic nitrogens is 3. The van der Waals surface area contributed by atoms with Crippen molar-refractivity contribution in [3.05, 3.63) is 71.6 Å². The maximum atomic E-state index is 13.1. The summed E-state index contributed by atoms with van der Waals surface area (Å²) in [5, 5.41) is 18.3. The Bertz CT molecular complexity index is 1700. The van der Waals surface area contributed by atoms with Gasteiger partial charge in [-0.1, -0.05) is 29.4 Å². The average molecular weight is 623 g/mol. The summed E-state index contributed by atoms with van der Waals surface area (Å²) in [6, 6.07) is 16.2. The second-order valence-corrected chi connectivity index (χ2v) is 12.4. The molecule has 2 saturated carbocycles. The largest absolute Gasteiger partial charge is 0.573 e. The van der Waals surface area contributed by atoms with E-state index in [1.165, 1.54) is 16.8 Å². The predicted octanol–water partition coefficient (Wildman–Crippen LogP) is 7.59. The van der Waals surface area contributed by atoms with Crippen LogP contribution < -0.4 is 9.64 Å². The van der Waals surface area contributed by atoms with Crippen molar-refractivity contribution in [2.45, 2.75) is 89.1 Å². The Morgan fingerprint density at radius 3 is 2.40 bits per heavy atom. The van der Waals surface area contributed by atoms with Crippen LogP contribution in [0.15, 0.2) is 59.1 Å². The lowest BCUT2D eigenvalue weighted by atomic mass is 9.77. The van der Waals surface area contributed by atoms with Crippen molar-refractivity contribution in [2.24, 2.45) is 0 Å². The highest BCUT2D eigenvalue weighted by atomic mass is 19.4. The highest BCUT2D eigenvalue weighted by Gasteiger charge is 2.46. The van der Waals surface area contributed by atoms with E-state index < -0.39 is 12.3 Å². The molecule has 8 rings (SSSR count). The monoisotopic (exact) mass is 622 g/mol. The van der Waals surface area contributed by atoms with Gasteiger partial charge in [-0.25, -0.2) is 4.79 Å². The highest BCUT2D eigenvalue weighted by Crippen LogP contribution is 2.47. The molecule has 4 aromatic rings. The molecule has 9 nitrogen and oxygen atoms in total. The Hall–Kier alpha value is -4.32. The lowest BCUT2D eigenvalue weighted by Crippen LogP contribution is -2.62. The molecular weight excluding hydrogens is 589 g/mol. The number of fused-ring (bicyclic) bond motifs is 2. The number of nitrogens with zero attached hydrogens (tertiary/aromatic N) is 4. The number of rotatable bonds is 10. The van der Waals surface area contributed by atoms with E-state index in [1.54, 1.807) is 18.2 Å². The van der Waals surface area contributed by atoms with Gasteiger partial charge in [0.15, 0.2) is 0 Å². The number of anilines is 1. The van der Waals surface area contributed by atoms with E-state index in [2.05, 4.69) is 32.0 Å². The Morgan fingerprint density at radius 2 is 1.78 bits per heavy atom. The van der Waals surface area contributed by atoms with E-state index in [0.29, 0.717) is 34.8 Å². The zero-order valence-corrected chi connectivity index (χ0v) is 24.8. The highest BCUT2D eigenvalue weighted by molar-refractivity contribution is 5.87. The number of hydrogen-bond acceptors (Lipinski definition) is 7. The topological polar surface area (TPSA) is 103 Å². The summed E-state index contributed by atoms with van der Waals surface area (Å²) in [6.07, 6.45) is -0.218. The van der Waals surface area contributed by atoms with Gasteiger partial charge in [0, 0.05) is 46.4 Å². The molecule has 2 aliphatic heterocycles. The number of aromatic carboxylic acids is 1. The van der Waals surface area contributed by atoms with Crippen LogP contribution in [0.4, 0.5) is 18.9 Å². The predicted molar refractivity (Wildman–Crippen MR) is 158 cm³/mol. The number of carbonyl (C=O) groups is 1. The number of carboxylic acid groups (broad SMARTS) is 1. The van der Waals surface area contributed by atoms with E-state index in [4.69, 9.17) is 9.26 Å². The first-order valence-corrected chi connectivity index (χ1v) is 15.2. The molecule has 2 bridgehead atoms. The van der Waals surface area contributed by atoms with Crippen molar-refractivity contribution in [1.29, 1.82) is 0 Å². The van der Waals surface area contributed by atoms with Gasteiger partial charge >= 0.3 is 12.3 Å². The lowest BCUT2D eigenvalue weighted by Gasteiger charge is -2.56. The normalized spacial score (nSPS) is 21.2. The van der Waals surface area contributed by atoms with Crippen LogP contribution in [0.1, 0.15) is 79.7 Å². The minimum absolute atomic E-state index is 0.00446. The number of hydrogen-bond donors (Lipinski definition) is 1. The molecule has 2 aliphatic carbocycles. The molecule has 4 heterocycles. The van der Waals surface area contributed by atoms with Gasteiger partial charge in [0.2, 0.25) is 0 Å². The van der Waals surface area contributed by atoms with E-state index in [-0.39, 0.29) is 41.7 Å². The van der Waals surface area contributed by atoms with E-state index >= 15 is 0 Å². The first-order valence-electron chi connectivity index (χ1n) is 15.2. The fraction of sp³-hybridized carbons (Fsp3) is 0.424. The molecule has 2 aromatic carbocycles. The van der Waals surface area contributed by atoms with Crippen LogP contribution in [0, 0.1) is 0 Å². The number of halogens is 3. The van der Waals surface area contributed by atoms with Crippen molar-refractivity contribution in [3.63, 3.8) is 0 Å². The Labute approximate surface area is 257 Å². The number of carboxylic acids is 1. The number of piperidine rings is 1. The summed E-state index contributed by atoms with van der Waals surface area (Å²) < 4.78 is 57.2. The maximum Gasteiger partial charge on any atom is 0.573 e. The number of ether oxygens (including phenoxy) is 2. The number of benzene rings is 2. The van der Waals surface area contributed by atoms with Crippen LogP contribution in [0.25, 0.3) is 22.5 Å². The van der Waals surface area contributed by atoms with Gasteiger partial charge < -0.3 is 24.0 Å². The maximum absolute atomic E-state index is 13.1. The summed E-state index contributed by atoms with van der Waals surface area (Å²) in [4.78, 5) is 14.1. The molecule has 2 aromatic heterocycles. The third-order valence-electron chi connectivity index (χ3n) is 8.90. The molecule has 2 saturated heterocycles. The van der Waals surface area contributed by atoms with E-state index in [1.807, 2.05) is 26.0 Å². The van der Waals surface area contributed by atoms with Crippen molar-refractivity contribution < 1.29 is 37.1 Å². The molecule has 3 atom stereocenters. The van der Waals surface area contributed by atoms with Crippen LogP contribution in [-0.2, 0) is 11.3 Å². The number of alkyl halides is 3. The first kappa shape index (κ1) is 29.4. The van der Waals surface area contributed by atoms with Crippen molar-refractivity contribution in [2.75, 3.05) is 4.90 Å². The third-order valence-corrected chi connectivity index (χ3v) is 8.90. The molecule has 4 fully saturated rings. The smallest absolute Gasteiger partial charge is 0.477 e. The molecular formula is C33H33F3N4O5. The zero-order chi connectivity index (χ0) is 31.5. The minimum Gasteiger partial charge on any atom is -0.477 e. The van der Waals surface area contributed by atoms with Crippen molar-refractivity contribution >= 4 is 11.7 Å². The SMILES string of the molecule is CC(C)n1nc(-c2ccc(N3[C@@H]4CC(OCc5c(-c6ccccc6OC(F)(F)F)noc5C5CC5)C[C@H]3C4)cc2)cc1C(=O)O. The second-order valence-electron chi connectivity index (χ2n) is 12.4. The molecule has 1 unspecified atom stereocenters. The molecule has 12 heteroatoms. The Morgan fingerprint density at radius 1 is 1.07 bits per heavy atom. The molecule has 45 heavy (non-hydrogen) atoms. The molecule has 4 aliphatic rings. The third kappa shape index (κ3) is 5.79. The molecule has 236 valence electrons. The van der Waals surface area contributed by atoms with Crippen molar-refractivity contribution in [3.8, 4) is 28.3 Å². The fourth-order valence-corrected chi connectivity index (χ4v) is 6.69. The van der Waals surface area contributed by atoms with Gasteiger partial charge in [0.25, 0.3) is 0 Å². The zero-order valence-electron chi connectivity index (χ0n) is 24.8. The Balaban J connectivity index is 1.03. The van der Waals surface area contributed by atoms with Gasteiger partial charge in [-0.2, -0.15) is 5.10 Å². The molecule has 0 spiro atoms. The molecule has 0 amide bonds. The van der Waals surface area contributed by atoms with Gasteiger partial charge in [-0.3, -0.25) is 4.68 Å². The van der Waals surface area contributed by atoms with Crippen LogP contribution in [-0.4, -0.2) is 50.6 Å².